The molecule has 26 heavy (non-hydrogen) atoms. The van der Waals surface area contributed by atoms with Crippen molar-refractivity contribution < 1.29 is 24.5 Å². The first-order valence-electron chi connectivity index (χ1n) is 8.52. The van der Waals surface area contributed by atoms with Gasteiger partial charge in [-0.3, -0.25) is 0 Å². The molecule has 138 valence electrons. The monoisotopic (exact) mass is 374 g/mol. The average Bonchev–Trinajstić information content (AvgIpc) is 2.68. The number of rotatable bonds is 5. The molecule has 0 bridgehead atoms. The number of ether oxygens (including phenoxy) is 2. The lowest BCUT2D eigenvalue weighted by molar-refractivity contribution is -0.178. The molecule has 1 aliphatic rings. The second-order valence-electron chi connectivity index (χ2n) is 6.24. The normalized spacial score (nSPS) is 28.5. The number of hydrogen-bond acceptors (Lipinski definition) is 6. The molecule has 6 heteroatoms. The van der Waals surface area contributed by atoms with Gasteiger partial charge in [-0.2, -0.15) is 0 Å². The highest BCUT2D eigenvalue weighted by Gasteiger charge is 2.45. The summed E-state index contributed by atoms with van der Waals surface area (Å²) in [7, 11) is 0. The van der Waals surface area contributed by atoms with Gasteiger partial charge in [-0.25, -0.2) is 4.79 Å². The summed E-state index contributed by atoms with van der Waals surface area (Å²) in [5.41, 5.74) is -0.0810. The maximum absolute atomic E-state index is 12.5. The minimum absolute atomic E-state index is 0.295. The number of carbonyl (C=O) groups excluding carboxylic acids is 1. The SMILES string of the molecule is C[C@@H]1C(OC(=O)c2ccccc2)[C@H](Sc2ccccc2)OC(CO)[C@H]1O. The molecule has 2 aromatic carbocycles. The Labute approximate surface area is 157 Å². The maximum atomic E-state index is 12.5. The maximum Gasteiger partial charge on any atom is 0.338 e. The van der Waals surface area contributed by atoms with Crippen LogP contribution >= 0.6 is 11.8 Å². The Hall–Kier alpha value is -1.86. The largest absolute Gasteiger partial charge is 0.455 e. The van der Waals surface area contributed by atoms with E-state index in [0.29, 0.717) is 5.56 Å². The Balaban J connectivity index is 1.81. The molecule has 0 spiro atoms. The van der Waals surface area contributed by atoms with E-state index in [1.807, 2.05) is 36.4 Å². The van der Waals surface area contributed by atoms with Crippen molar-refractivity contribution >= 4 is 17.7 Å². The van der Waals surface area contributed by atoms with Crippen molar-refractivity contribution in [3.8, 4) is 0 Å². The van der Waals surface area contributed by atoms with Gasteiger partial charge in [0.25, 0.3) is 0 Å². The molecule has 0 amide bonds. The number of aliphatic hydroxyl groups is 2. The van der Waals surface area contributed by atoms with E-state index in [0.717, 1.165) is 4.90 Å². The zero-order valence-electron chi connectivity index (χ0n) is 14.4. The van der Waals surface area contributed by atoms with Crippen LogP contribution in [0.2, 0.25) is 0 Å². The quantitative estimate of drug-likeness (QED) is 0.784. The minimum atomic E-state index is -0.916. The smallest absolute Gasteiger partial charge is 0.338 e. The first kappa shape index (κ1) is 18.9. The number of esters is 1. The summed E-state index contributed by atoms with van der Waals surface area (Å²) in [6.45, 7) is 1.51. The molecule has 2 N–H and O–H groups in total. The van der Waals surface area contributed by atoms with E-state index in [9.17, 15) is 15.0 Å². The molecule has 1 heterocycles. The summed E-state index contributed by atoms with van der Waals surface area (Å²) < 4.78 is 11.6. The van der Waals surface area contributed by atoms with Crippen molar-refractivity contribution in [3.63, 3.8) is 0 Å². The topological polar surface area (TPSA) is 76.0 Å². The Bertz CT molecular complexity index is 709. The number of aliphatic hydroxyl groups excluding tert-OH is 2. The van der Waals surface area contributed by atoms with Crippen LogP contribution in [-0.2, 0) is 9.47 Å². The van der Waals surface area contributed by atoms with Gasteiger partial charge in [-0.15, -0.1) is 0 Å². The van der Waals surface area contributed by atoms with E-state index in [2.05, 4.69) is 0 Å². The third-order valence-electron chi connectivity index (χ3n) is 4.44. The fraction of sp³-hybridized carbons (Fsp3) is 0.350. The molecule has 1 fully saturated rings. The van der Waals surface area contributed by atoms with Crippen molar-refractivity contribution in [2.45, 2.75) is 35.6 Å². The Morgan fingerprint density at radius 1 is 1.12 bits per heavy atom. The molecular formula is C20H22O5S. The van der Waals surface area contributed by atoms with Gasteiger partial charge in [-0.1, -0.05) is 55.1 Å². The summed E-state index contributed by atoms with van der Waals surface area (Å²) in [4.78, 5) is 13.5. The summed E-state index contributed by atoms with van der Waals surface area (Å²) in [6, 6.07) is 18.4. The predicted octanol–water partition coefficient (Wildman–Crippen LogP) is 2.72. The summed E-state index contributed by atoms with van der Waals surface area (Å²) >= 11 is 1.41. The Kier molecular flexibility index (Phi) is 6.32. The summed E-state index contributed by atoms with van der Waals surface area (Å²) in [5, 5.41) is 19.9. The van der Waals surface area contributed by atoms with Crippen molar-refractivity contribution in [2.75, 3.05) is 6.61 Å². The van der Waals surface area contributed by atoms with Crippen molar-refractivity contribution in [3.05, 3.63) is 66.2 Å². The number of hydrogen-bond donors (Lipinski definition) is 2. The molecule has 0 aliphatic carbocycles. The molecule has 1 aliphatic heterocycles. The first-order valence-corrected chi connectivity index (χ1v) is 9.40. The molecule has 1 saturated heterocycles. The second kappa shape index (κ2) is 8.68. The van der Waals surface area contributed by atoms with Crippen LogP contribution in [0.1, 0.15) is 17.3 Å². The minimum Gasteiger partial charge on any atom is -0.455 e. The van der Waals surface area contributed by atoms with E-state index in [4.69, 9.17) is 9.47 Å². The van der Waals surface area contributed by atoms with Crippen LogP contribution in [0.15, 0.2) is 65.6 Å². The molecular weight excluding hydrogens is 352 g/mol. The van der Waals surface area contributed by atoms with Gasteiger partial charge in [0.2, 0.25) is 0 Å². The van der Waals surface area contributed by atoms with Crippen LogP contribution in [-0.4, -0.2) is 46.5 Å². The van der Waals surface area contributed by atoms with Gasteiger partial charge in [0, 0.05) is 10.8 Å². The van der Waals surface area contributed by atoms with E-state index in [1.54, 1.807) is 31.2 Å². The standard InChI is InChI=1S/C20H22O5S/c1-13-17(22)16(12-21)24-20(26-15-10-6-3-7-11-15)18(13)25-19(23)14-8-4-2-5-9-14/h2-11,13,16-18,20-22H,12H2,1H3/t13-,16?,17-,18?,20-/m0/s1. The zero-order chi connectivity index (χ0) is 18.5. The molecule has 0 aromatic heterocycles. The zero-order valence-corrected chi connectivity index (χ0v) is 15.2. The lowest BCUT2D eigenvalue weighted by atomic mass is 9.91. The van der Waals surface area contributed by atoms with Gasteiger partial charge >= 0.3 is 5.97 Å². The van der Waals surface area contributed by atoms with E-state index >= 15 is 0 Å². The number of carbonyl (C=O) groups is 1. The van der Waals surface area contributed by atoms with Crippen LogP contribution in [0.5, 0.6) is 0 Å². The van der Waals surface area contributed by atoms with Crippen molar-refractivity contribution in [2.24, 2.45) is 5.92 Å². The molecule has 2 unspecified atom stereocenters. The molecule has 0 saturated carbocycles. The highest BCUT2D eigenvalue weighted by atomic mass is 32.2. The van der Waals surface area contributed by atoms with Gasteiger partial charge in [0.1, 0.15) is 17.6 Å². The molecule has 0 radical (unpaired) electrons. The lowest BCUT2D eigenvalue weighted by Crippen LogP contribution is -2.54. The van der Waals surface area contributed by atoms with Crippen molar-refractivity contribution in [1.29, 1.82) is 0 Å². The second-order valence-corrected chi connectivity index (χ2v) is 7.41. The predicted molar refractivity (Wildman–Crippen MR) is 98.9 cm³/mol. The van der Waals surface area contributed by atoms with Crippen LogP contribution in [0.3, 0.4) is 0 Å². The van der Waals surface area contributed by atoms with Crippen LogP contribution in [0.4, 0.5) is 0 Å². The average molecular weight is 374 g/mol. The van der Waals surface area contributed by atoms with Gasteiger partial charge in [0.05, 0.1) is 18.3 Å². The van der Waals surface area contributed by atoms with Crippen LogP contribution in [0.25, 0.3) is 0 Å². The van der Waals surface area contributed by atoms with Crippen LogP contribution < -0.4 is 0 Å². The Morgan fingerprint density at radius 2 is 1.73 bits per heavy atom. The fourth-order valence-electron chi connectivity index (χ4n) is 2.92. The van der Waals surface area contributed by atoms with E-state index < -0.39 is 29.7 Å². The first-order chi connectivity index (χ1) is 12.6. The number of thioether (sulfide) groups is 1. The molecule has 5 atom stereocenters. The fourth-order valence-corrected chi connectivity index (χ4v) is 4.14. The summed E-state index contributed by atoms with van der Waals surface area (Å²) in [6.07, 6.45) is -2.27. The highest BCUT2D eigenvalue weighted by Crippen LogP contribution is 2.37. The van der Waals surface area contributed by atoms with Crippen molar-refractivity contribution in [1.82, 2.24) is 0 Å². The van der Waals surface area contributed by atoms with Gasteiger partial charge < -0.3 is 19.7 Å². The highest BCUT2D eigenvalue weighted by molar-refractivity contribution is 7.99. The van der Waals surface area contributed by atoms with Gasteiger partial charge in [0.15, 0.2) is 0 Å². The van der Waals surface area contributed by atoms with E-state index in [-0.39, 0.29) is 12.5 Å². The Morgan fingerprint density at radius 3 is 2.35 bits per heavy atom. The third-order valence-corrected chi connectivity index (χ3v) is 5.60. The molecule has 2 aromatic rings. The van der Waals surface area contributed by atoms with E-state index in [1.165, 1.54) is 11.8 Å². The number of benzene rings is 2. The van der Waals surface area contributed by atoms with Crippen LogP contribution in [0, 0.1) is 5.92 Å². The lowest BCUT2D eigenvalue weighted by Gasteiger charge is -2.42. The summed E-state index contributed by atoms with van der Waals surface area (Å²) in [5.74, 6) is -0.839. The van der Waals surface area contributed by atoms with Gasteiger partial charge in [-0.05, 0) is 24.3 Å². The molecule has 5 nitrogen and oxygen atoms in total. The third kappa shape index (κ3) is 4.27. The molecule has 3 rings (SSSR count).